The van der Waals surface area contributed by atoms with E-state index in [0.29, 0.717) is 27.9 Å². The summed E-state index contributed by atoms with van der Waals surface area (Å²) in [7, 11) is 0. The summed E-state index contributed by atoms with van der Waals surface area (Å²) in [5, 5.41) is 13.3. The summed E-state index contributed by atoms with van der Waals surface area (Å²) in [6.45, 7) is 1.99. The average Bonchev–Trinajstić information content (AvgIpc) is 2.68. The smallest absolute Gasteiger partial charge is 0.356 e. The minimum Gasteiger partial charge on any atom is -0.476 e. The molecule has 2 rings (SSSR count). The quantitative estimate of drug-likeness (QED) is 0.874. The third-order valence-corrected chi connectivity index (χ3v) is 3.01. The first kappa shape index (κ1) is 12.1. The fourth-order valence-corrected chi connectivity index (χ4v) is 2.16. The second kappa shape index (κ2) is 4.50. The molecule has 17 heavy (non-hydrogen) atoms. The molecule has 0 saturated heterocycles. The second-order valence-corrected chi connectivity index (χ2v) is 4.24. The van der Waals surface area contributed by atoms with Crippen molar-refractivity contribution < 1.29 is 9.90 Å². The van der Waals surface area contributed by atoms with E-state index in [4.69, 9.17) is 28.3 Å². The molecule has 2 heterocycles. The Hall–Kier alpha value is -1.33. The van der Waals surface area contributed by atoms with E-state index in [-0.39, 0.29) is 5.69 Å². The summed E-state index contributed by atoms with van der Waals surface area (Å²) in [6.07, 6.45) is 1.53. The topological polar surface area (TPSA) is 67.5 Å². The molecule has 0 unspecified atom stereocenters. The highest BCUT2D eigenvalue weighted by Crippen LogP contribution is 2.25. The lowest BCUT2D eigenvalue weighted by molar-refractivity contribution is 0.0690. The molecule has 2 aromatic heterocycles. The van der Waals surface area contributed by atoms with Gasteiger partial charge >= 0.3 is 5.97 Å². The van der Waals surface area contributed by atoms with Gasteiger partial charge in [-0.1, -0.05) is 36.5 Å². The monoisotopic (exact) mass is 273 g/mol. The number of carbonyl (C=O) groups is 1. The zero-order valence-electron chi connectivity index (χ0n) is 8.94. The van der Waals surface area contributed by atoms with Crippen molar-refractivity contribution in [1.82, 2.24) is 14.6 Å². The normalized spacial score (nSPS) is 11.0. The SMILES string of the molecule is CCCc1c(Cl)nc2cc(C(=O)O)nn2c1Cl. The molecule has 0 fully saturated rings. The fourth-order valence-electron chi connectivity index (χ4n) is 1.54. The fraction of sp³-hybridized carbons (Fsp3) is 0.300. The number of aromatic nitrogens is 3. The number of hydrogen-bond acceptors (Lipinski definition) is 3. The highest BCUT2D eigenvalue weighted by molar-refractivity contribution is 6.34. The molecule has 0 bridgehead atoms. The molecule has 0 spiro atoms. The maximum Gasteiger partial charge on any atom is 0.356 e. The number of aromatic carboxylic acids is 1. The summed E-state index contributed by atoms with van der Waals surface area (Å²) in [4.78, 5) is 14.9. The first-order valence-corrected chi connectivity index (χ1v) is 5.77. The molecule has 7 heteroatoms. The maximum atomic E-state index is 10.8. The van der Waals surface area contributed by atoms with E-state index in [1.165, 1.54) is 10.6 Å². The van der Waals surface area contributed by atoms with Crippen LogP contribution in [0.1, 0.15) is 29.4 Å². The number of fused-ring (bicyclic) bond motifs is 1. The summed E-state index contributed by atoms with van der Waals surface area (Å²) >= 11 is 12.1. The third kappa shape index (κ3) is 2.08. The Bertz CT molecular complexity index is 595. The van der Waals surface area contributed by atoms with Crippen LogP contribution in [0.5, 0.6) is 0 Å². The number of halogens is 2. The van der Waals surface area contributed by atoms with Crippen LogP contribution in [-0.2, 0) is 6.42 Å². The largest absolute Gasteiger partial charge is 0.476 e. The first-order valence-electron chi connectivity index (χ1n) is 5.01. The van der Waals surface area contributed by atoms with Crippen LogP contribution in [0.3, 0.4) is 0 Å². The molecule has 90 valence electrons. The van der Waals surface area contributed by atoms with E-state index in [0.717, 1.165) is 6.42 Å². The number of rotatable bonds is 3. The zero-order chi connectivity index (χ0) is 12.6. The average molecular weight is 274 g/mol. The Morgan fingerprint density at radius 3 is 2.82 bits per heavy atom. The van der Waals surface area contributed by atoms with Crippen LogP contribution < -0.4 is 0 Å². The number of carboxylic acid groups (broad SMARTS) is 1. The van der Waals surface area contributed by atoms with E-state index in [1.807, 2.05) is 6.92 Å². The number of carboxylic acids is 1. The van der Waals surface area contributed by atoms with Gasteiger partial charge in [-0.3, -0.25) is 0 Å². The molecular weight excluding hydrogens is 265 g/mol. The molecule has 0 radical (unpaired) electrons. The van der Waals surface area contributed by atoms with Gasteiger partial charge in [0, 0.05) is 11.6 Å². The minimum atomic E-state index is -1.13. The van der Waals surface area contributed by atoms with Crippen molar-refractivity contribution in [1.29, 1.82) is 0 Å². The van der Waals surface area contributed by atoms with Crippen molar-refractivity contribution in [3.8, 4) is 0 Å². The Balaban J connectivity index is 2.69. The zero-order valence-corrected chi connectivity index (χ0v) is 10.5. The molecule has 0 amide bonds. The Labute approximate surface area is 107 Å². The van der Waals surface area contributed by atoms with Gasteiger partial charge in [-0.05, 0) is 6.42 Å². The van der Waals surface area contributed by atoms with Crippen LogP contribution in [-0.4, -0.2) is 25.7 Å². The molecular formula is C10H9Cl2N3O2. The van der Waals surface area contributed by atoms with Crippen molar-refractivity contribution in [2.75, 3.05) is 0 Å². The van der Waals surface area contributed by atoms with Gasteiger partial charge < -0.3 is 5.11 Å². The lowest BCUT2D eigenvalue weighted by atomic mass is 10.2. The van der Waals surface area contributed by atoms with Gasteiger partial charge in [0.05, 0.1) is 0 Å². The predicted octanol–water partition coefficient (Wildman–Crippen LogP) is 2.69. The highest BCUT2D eigenvalue weighted by atomic mass is 35.5. The highest BCUT2D eigenvalue weighted by Gasteiger charge is 2.16. The van der Waals surface area contributed by atoms with Crippen LogP contribution in [0.25, 0.3) is 5.65 Å². The van der Waals surface area contributed by atoms with Gasteiger partial charge in [0.1, 0.15) is 10.3 Å². The van der Waals surface area contributed by atoms with Gasteiger partial charge in [0.25, 0.3) is 0 Å². The first-order chi connectivity index (χ1) is 8.04. The van der Waals surface area contributed by atoms with E-state index in [2.05, 4.69) is 10.1 Å². The number of nitrogens with zero attached hydrogens (tertiary/aromatic N) is 3. The summed E-state index contributed by atoms with van der Waals surface area (Å²) in [5.41, 5.74) is 0.907. The Morgan fingerprint density at radius 1 is 1.53 bits per heavy atom. The van der Waals surface area contributed by atoms with Gasteiger partial charge in [0.2, 0.25) is 0 Å². The Morgan fingerprint density at radius 2 is 2.24 bits per heavy atom. The minimum absolute atomic E-state index is 0.107. The van der Waals surface area contributed by atoms with Crippen molar-refractivity contribution in [3.05, 3.63) is 27.6 Å². The van der Waals surface area contributed by atoms with E-state index >= 15 is 0 Å². The molecule has 1 N–H and O–H groups in total. The van der Waals surface area contributed by atoms with Gasteiger partial charge in [-0.25, -0.2) is 14.3 Å². The van der Waals surface area contributed by atoms with Gasteiger partial charge in [-0.2, -0.15) is 5.10 Å². The predicted molar refractivity (Wildman–Crippen MR) is 64.0 cm³/mol. The van der Waals surface area contributed by atoms with Crippen molar-refractivity contribution in [2.24, 2.45) is 0 Å². The second-order valence-electron chi connectivity index (χ2n) is 3.53. The Kier molecular flexibility index (Phi) is 3.22. The van der Waals surface area contributed by atoms with Gasteiger partial charge in [0.15, 0.2) is 11.3 Å². The van der Waals surface area contributed by atoms with Crippen molar-refractivity contribution >= 4 is 34.8 Å². The lowest BCUT2D eigenvalue weighted by Gasteiger charge is -2.06. The van der Waals surface area contributed by atoms with Crippen LogP contribution >= 0.6 is 23.2 Å². The number of hydrogen-bond donors (Lipinski definition) is 1. The molecule has 5 nitrogen and oxygen atoms in total. The molecule has 0 aliphatic heterocycles. The molecule has 0 aromatic carbocycles. The molecule has 0 saturated carbocycles. The summed E-state index contributed by atoms with van der Waals surface area (Å²) < 4.78 is 1.29. The molecule has 0 atom stereocenters. The van der Waals surface area contributed by atoms with Crippen LogP contribution in [0, 0.1) is 0 Å². The van der Waals surface area contributed by atoms with Crippen molar-refractivity contribution in [3.63, 3.8) is 0 Å². The van der Waals surface area contributed by atoms with Crippen molar-refractivity contribution in [2.45, 2.75) is 19.8 Å². The summed E-state index contributed by atoms with van der Waals surface area (Å²) in [6, 6.07) is 1.33. The third-order valence-electron chi connectivity index (χ3n) is 2.31. The molecule has 2 aromatic rings. The van der Waals surface area contributed by atoms with E-state index in [9.17, 15) is 4.79 Å². The lowest BCUT2D eigenvalue weighted by Crippen LogP contribution is -2.01. The van der Waals surface area contributed by atoms with Gasteiger partial charge in [-0.15, -0.1) is 0 Å². The van der Waals surface area contributed by atoms with E-state index in [1.54, 1.807) is 0 Å². The molecule has 0 aliphatic rings. The van der Waals surface area contributed by atoms with Crippen LogP contribution in [0.2, 0.25) is 10.3 Å². The standard InChI is InChI=1S/C10H9Cl2N3O2/c1-2-3-5-8(11)13-7-4-6(10(16)17)14-15(7)9(5)12/h4H,2-3H2,1H3,(H,16,17). The van der Waals surface area contributed by atoms with E-state index < -0.39 is 5.97 Å². The maximum absolute atomic E-state index is 10.8. The molecule has 0 aliphatic carbocycles. The summed E-state index contributed by atoms with van der Waals surface area (Å²) in [5.74, 6) is -1.13. The van der Waals surface area contributed by atoms with Crippen LogP contribution in [0.15, 0.2) is 6.07 Å². The van der Waals surface area contributed by atoms with Crippen LogP contribution in [0.4, 0.5) is 0 Å².